The summed E-state index contributed by atoms with van der Waals surface area (Å²) in [5, 5.41) is 8.22. The van der Waals surface area contributed by atoms with Gasteiger partial charge in [-0.1, -0.05) is 18.2 Å². The summed E-state index contributed by atoms with van der Waals surface area (Å²) in [6.07, 6.45) is 9.85. The quantitative estimate of drug-likeness (QED) is 0.301. The van der Waals surface area contributed by atoms with E-state index in [4.69, 9.17) is 5.11 Å². The molecule has 0 aliphatic carbocycles. The topological polar surface area (TPSA) is 37.3 Å². The first kappa shape index (κ1) is 14.5. The van der Waals surface area contributed by atoms with Crippen LogP contribution in [0.4, 0.5) is 0 Å². The molecule has 0 aliphatic rings. The summed E-state index contributed by atoms with van der Waals surface area (Å²) in [6, 6.07) is 0. The Morgan fingerprint density at radius 1 is 1.33 bits per heavy atom. The van der Waals surface area contributed by atoms with Crippen molar-refractivity contribution in [3.8, 4) is 0 Å². The molecule has 12 heavy (non-hydrogen) atoms. The van der Waals surface area contributed by atoms with Crippen molar-refractivity contribution in [3.05, 3.63) is 24.3 Å². The van der Waals surface area contributed by atoms with Crippen LogP contribution in [-0.2, 0) is 4.79 Å². The Kier molecular flexibility index (Phi) is 13.2. The average Bonchev–Trinajstić information content (AvgIpc) is 1.96. The molecule has 0 spiro atoms. The standard InChI is InChI=1S/C9H14O2.Na.H/c1-2-3-4-5-6-7-8-9(10)11;;/h2-3,7-8H,4-6H2,1H3,(H,10,11);;. The first-order valence-electron chi connectivity index (χ1n) is 3.78. The van der Waals surface area contributed by atoms with Crippen molar-refractivity contribution >= 4 is 35.5 Å². The molecule has 0 saturated heterocycles. The summed E-state index contributed by atoms with van der Waals surface area (Å²) in [7, 11) is 0. The second-order valence-corrected chi connectivity index (χ2v) is 2.24. The Hall–Kier alpha value is -0.0500. The molecule has 64 valence electrons. The molecular weight excluding hydrogens is 163 g/mol. The Morgan fingerprint density at radius 3 is 2.42 bits per heavy atom. The van der Waals surface area contributed by atoms with Crippen molar-refractivity contribution in [2.24, 2.45) is 0 Å². The maximum absolute atomic E-state index is 9.99. The number of allylic oxidation sites excluding steroid dienone is 3. The van der Waals surface area contributed by atoms with Gasteiger partial charge in [0.25, 0.3) is 0 Å². The van der Waals surface area contributed by atoms with Crippen LogP contribution in [0.5, 0.6) is 0 Å². The molecule has 0 bridgehead atoms. The monoisotopic (exact) mass is 178 g/mol. The van der Waals surface area contributed by atoms with Crippen LogP contribution in [0.2, 0.25) is 0 Å². The van der Waals surface area contributed by atoms with E-state index < -0.39 is 5.97 Å². The molecule has 2 nitrogen and oxygen atoms in total. The zero-order valence-electron chi connectivity index (χ0n) is 6.79. The molecule has 0 fully saturated rings. The van der Waals surface area contributed by atoms with Gasteiger partial charge in [-0.3, -0.25) is 0 Å². The van der Waals surface area contributed by atoms with Gasteiger partial charge < -0.3 is 5.11 Å². The van der Waals surface area contributed by atoms with Gasteiger partial charge in [-0.05, 0) is 26.2 Å². The first-order valence-corrected chi connectivity index (χ1v) is 3.78. The fourth-order valence-corrected chi connectivity index (χ4v) is 0.704. The molecule has 0 amide bonds. The first-order chi connectivity index (χ1) is 5.27. The van der Waals surface area contributed by atoms with Crippen molar-refractivity contribution in [2.45, 2.75) is 26.2 Å². The summed E-state index contributed by atoms with van der Waals surface area (Å²) in [5.41, 5.74) is 0. The van der Waals surface area contributed by atoms with E-state index in [0.717, 1.165) is 19.3 Å². The summed E-state index contributed by atoms with van der Waals surface area (Å²) in [6.45, 7) is 1.98. The van der Waals surface area contributed by atoms with Gasteiger partial charge in [0.2, 0.25) is 0 Å². The number of aliphatic carboxylic acids is 1. The zero-order valence-corrected chi connectivity index (χ0v) is 6.79. The Bertz CT molecular complexity index is 162. The third-order valence-corrected chi connectivity index (χ3v) is 1.24. The third-order valence-electron chi connectivity index (χ3n) is 1.24. The van der Waals surface area contributed by atoms with Gasteiger partial charge in [-0.25, -0.2) is 4.79 Å². The number of carboxylic acid groups (broad SMARTS) is 1. The second-order valence-electron chi connectivity index (χ2n) is 2.24. The molecule has 0 radical (unpaired) electrons. The van der Waals surface area contributed by atoms with Crippen LogP contribution in [-0.4, -0.2) is 40.6 Å². The van der Waals surface area contributed by atoms with Crippen LogP contribution in [0.15, 0.2) is 24.3 Å². The van der Waals surface area contributed by atoms with Gasteiger partial charge in [0.15, 0.2) is 0 Å². The molecule has 0 aromatic heterocycles. The van der Waals surface area contributed by atoms with Gasteiger partial charge in [-0.2, -0.15) is 0 Å². The number of hydrogen-bond donors (Lipinski definition) is 1. The van der Waals surface area contributed by atoms with E-state index in [1.165, 1.54) is 6.08 Å². The Labute approximate surface area is 95.6 Å². The van der Waals surface area contributed by atoms with Gasteiger partial charge in [0.1, 0.15) is 0 Å². The van der Waals surface area contributed by atoms with Crippen LogP contribution >= 0.6 is 0 Å². The summed E-state index contributed by atoms with van der Waals surface area (Å²) in [4.78, 5) is 9.99. The van der Waals surface area contributed by atoms with Gasteiger partial charge in [-0.15, -0.1) is 0 Å². The fraction of sp³-hybridized carbons (Fsp3) is 0.444. The molecule has 3 heteroatoms. The van der Waals surface area contributed by atoms with Crippen molar-refractivity contribution < 1.29 is 9.90 Å². The summed E-state index contributed by atoms with van der Waals surface area (Å²) in [5.74, 6) is -0.865. The molecule has 0 heterocycles. The van der Waals surface area contributed by atoms with Crippen molar-refractivity contribution in [2.75, 3.05) is 0 Å². The number of hydrogen-bond acceptors (Lipinski definition) is 1. The van der Waals surface area contributed by atoms with Gasteiger partial charge in [0, 0.05) is 6.08 Å². The third kappa shape index (κ3) is 12.6. The van der Waals surface area contributed by atoms with E-state index in [1.807, 2.05) is 13.0 Å². The van der Waals surface area contributed by atoms with Gasteiger partial charge in [0.05, 0.1) is 0 Å². The van der Waals surface area contributed by atoms with Crippen LogP contribution < -0.4 is 0 Å². The molecule has 1 N–H and O–H groups in total. The van der Waals surface area contributed by atoms with Crippen LogP contribution in [0.25, 0.3) is 0 Å². The predicted molar refractivity (Wildman–Crippen MR) is 52.6 cm³/mol. The fourth-order valence-electron chi connectivity index (χ4n) is 0.704. The molecule has 0 rings (SSSR count). The number of rotatable bonds is 5. The minimum absolute atomic E-state index is 0. The summed E-state index contributed by atoms with van der Waals surface area (Å²) >= 11 is 0. The second kappa shape index (κ2) is 11.0. The molecule has 0 aliphatic heterocycles. The van der Waals surface area contributed by atoms with Crippen LogP contribution in [0.1, 0.15) is 26.2 Å². The number of unbranched alkanes of at least 4 members (excludes halogenated alkanes) is 2. The normalized spacial score (nSPS) is 10.4. The minimum atomic E-state index is -0.865. The van der Waals surface area contributed by atoms with E-state index in [9.17, 15) is 4.79 Å². The SMILES string of the molecule is CC=CCCCC=CC(=O)O.[NaH]. The van der Waals surface area contributed by atoms with Crippen LogP contribution in [0, 0.1) is 0 Å². The van der Waals surface area contributed by atoms with E-state index >= 15 is 0 Å². The zero-order chi connectivity index (χ0) is 8.53. The van der Waals surface area contributed by atoms with E-state index in [0.29, 0.717) is 0 Å². The van der Waals surface area contributed by atoms with E-state index in [2.05, 4.69) is 6.08 Å². The number of carbonyl (C=O) groups is 1. The predicted octanol–water partition coefficient (Wildman–Crippen LogP) is 1.73. The number of carboxylic acids is 1. The molecule has 0 unspecified atom stereocenters. The van der Waals surface area contributed by atoms with Crippen LogP contribution in [0.3, 0.4) is 0 Å². The Morgan fingerprint density at radius 2 is 1.92 bits per heavy atom. The molecule has 0 atom stereocenters. The maximum atomic E-state index is 9.99. The summed E-state index contributed by atoms with van der Waals surface area (Å²) < 4.78 is 0. The average molecular weight is 178 g/mol. The van der Waals surface area contributed by atoms with E-state index in [1.54, 1.807) is 6.08 Å². The van der Waals surface area contributed by atoms with Crippen molar-refractivity contribution in [1.82, 2.24) is 0 Å². The molecule has 0 saturated carbocycles. The molecule has 0 aromatic rings. The van der Waals surface area contributed by atoms with Gasteiger partial charge >= 0.3 is 35.5 Å². The van der Waals surface area contributed by atoms with E-state index in [-0.39, 0.29) is 29.6 Å². The molecular formula is C9H15NaO2. The Balaban J connectivity index is 0. The van der Waals surface area contributed by atoms with Crippen molar-refractivity contribution in [3.63, 3.8) is 0 Å². The van der Waals surface area contributed by atoms with Crippen molar-refractivity contribution in [1.29, 1.82) is 0 Å². The molecule has 0 aromatic carbocycles.